The van der Waals surface area contributed by atoms with Gasteiger partial charge in [-0.3, -0.25) is 0 Å². The van der Waals surface area contributed by atoms with E-state index in [1.54, 1.807) is 7.11 Å². The molecule has 0 fully saturated rings. The van der Waals surface area contributed by atoms with Crippen molar-refractivity contribution < 1.29 is 4.74 Å². The van der Waals surface area contributed by atoms with Crippen LogP contribution in [0.3, 0.4) is 0 Å². The Morgan fingerprint density at radius 3 is 2.45 bits per heavy atom. The zero-order valence-electron chi connectivity index (χ0n) is 12.9. The first kappa shape index (κ1) is 15.0. The van der Waals surface area contributed by atoms with E-state index in [4.69, 9.17) is 4.74 Å². The number of ether oxygens (including phenoxy) is 1. The average molecular weight is 273 g/mol. The Hall–Kier alpha value is -1.44. The van der Waals surface area contributed by atoms with Crippen LogP contribution in [0.5, 0.6) is 5.75 Å². The van der Waals surface area contributed by atoms with Crippen LogP contribution in [0.25, 0.3) is 10.9 Å². The van der Waals surface area contributed by atoms with E-state index in [1.807, 2.05) is 6.07 Å². The molecule has 0 aliphatic rings. The first-order chi connectivity index (χ1) is 9.86. The summed E-state index contributed by atoms with van der Waals surface area (Å²) in [4.78, 5) is 0. The summed E-state index contributed by atoms with van der Waals surface area (Å²) in [6.07, 6.45) is 11.7. The smallest absolute Gasteiger partial charge is 0.128 e. The molecule has 2 aromatic rings. The highest BCUT2D eigenvalue weighted by Crippen LogP contribution is 2.26. The highest BCUT2D eigenvalue weighted by Gasteiger charge is 2.05. The van der Waals surface area contributed by atoms with Crippen LogP contribution in [0.1, 0.15) is 51.9 Å². The Morgan fingerprint density at radius 2 is 1.70 bits per heavy atom. The molecule has 1 aromatic carbocycles. The summed E-state index contributed by atoms with van der Waals surface area (Å²) in [6, 6.07) is 8.44. The van der Waals surface area contributed by atoms with Gasteiger partial charge in [-0.25, -0.2) is 0 Å². The molecule has 1 aromatic heterocycles. The summed E-state index contributed by atoms with van der Waals surface area (Å²) in [5, 5.41) is 1.22. The predicted octanol–water partition coefficient (Wildman–Crippen LogP) is 5.40. The minimum atomic E-state index is 0.973. The van der Waals surface area contributed by atoms with Crippen molar-refractivity contribution in [2.45, 2.75) is 58.4 Å². The number of benzene rings is 1. The summed E-state index contributed by atoms with van der Waals surface area (Å²) in [7, 11) is 1.74. The van der Waals surface area contributed by atoms with Crippen LogP contribution in [0.2, 0.25) is 0 Å². The normalized spacial score (nSPS) is 11.1. The van der Waals surface area contributed by atoms with Gasteiger partial charge in [0.25, 0.3) is 0 Å². The van der Waals surface area contributed by atoms with Gasteiger partial charge in [-0.15, -0.1) is 0 Å². The second-order valence-corrected chi connectivity index (χ2v) is 5.52. The molecule has 1 heterocycles. The molecule has 0 radical (unpaired) electrons. The van der Waals surface area contributed by atoms with Crippen LogP contribution in [0, 0.1) is 0 Å². The number of methoxy groups -OCH3 is 1. The molecule has 0 spiro atoms. The van der Waals surface area contributed by atoms with E-state index in [1.165, 1.54) is 55.8 Å². The lowest BCUT2D eigenvalue weighted by Crippen LogP contribution is -1.96. The molecule has 0 bridgehead atoms. The van der Waals surface area contributed by atoms with Crippen LogP contribution < -0.4 is 4.74 Å². The number of aryl methyl sites for hydroxylation is 1. The molecule has 110 valence electrons. The maximum atomic E-state index is 5.41. The van der Waals surface area contributed by atoms with Crippen molar-refractivity contribution in [3.63, 3.8) is 0 Å². The van der Waals surface area contributed by atoms with Gasteiger partial charge >= 0.3 is 0 Å². The molecule has 2 nitrogen and oxygen atoms in total. The van der Waals surface area contributed by atoms with Crippen molar-refractivity contribution in [1.29, 1.82) is 0 Å². The molecule has 0 saturated carbocycles. The molecule has 2 rings (SSSR count). The first-order valence-corrected chi connectivity index (χ1v) is 7.98. The van der Waals surface area contributed by atoms with Crippen molar-refractivity contribution >= 4 is 10.9 Å². The van der Waals surface area contributed by atoms with Crippen LogP contribution in [-0.2, 0) is 6.54 Å². The average Bonchev–Trinajstić information content (AvgIpc) is 2.89. The van der Waals surface area contributed by atoms with Crippen molar-refractivity contribution in [2.24, 2.45) is 0 Å². The molecule has 0 saturated heterocycles. The number of nitrogens with zero attached hydrogens (tertiary/aromatic N) is 1. The Kier molecular flexibility index (Phi) is 5.97. The largest absolute Gasteiger partial charge is 0.496 e. The number of hydrogen-bond donors (Lipinski definition) is 0. The zero-order valence-corrected chi connectivity index (χ0v) is 12.9. The fourth-order valence-corrected chi connectivity index (χ4v) is 2.81. The lowest BCUT2D eigenvalue weighted by molar-refractivity contribution is 0.420. The molecule has 0 atom stereocenters. The van der Waals surface area contributed by atoms with E-state index in [9.17, 15) is 0 Å². The van der Waals surface area contributed by atoms with Gasteiger partial charge in [0.05, 0.1) is 12.6 Å². The van der Waals surface area contributed by atoms with Gasteiger partial charge in [-0.05, 0) is 24.6 Å². The minimum Gasteiger partial charge on any atom is -0.496 e. The third kappa shape index (κ3) is 3.78. The highest BCUT2D eigenvalue weighted by atomic mass is 16.5. The maximum Gasteiger partial charge on any atom is 0.128 e. The fraction of sp³-hybridized carbons (Fsp3) is 0.556. The third-order valence-corrected chi connectivity index (χ3v) is 4.00. The maximum absolute atomic E-state index is 5.41. The van der Waals surface area contributed by atoms with Crippen molar-refractivity contribution in [1.82, 2.24) is 4.57 Å². The van der Waals surface area contributed by atoms with Crippen molar-refractivity contribution in [3.05, 3.63) is 30.5 Å². The topological polar surface area (TPSA) is 14.2 Å². The molecule has 2 heteroatoms. The van der Waals surface area contributed by atoms with Crippen LogP contribution >= 0.6 is 0 Å². The quantitative estimate of drug-likeness (QED) is 0.558. The van der Waals surface area contributed by atoms with Gasteiger partial charge in [0.2, 0.25) is 0 Å². The summed E-state index contributed by atoms with van der Waals surface area (Å²) in [6.45, 7) is 3.38. The molecule has 0 aliphatic carbocycles. The minimum absolute atomic E-state index is 0.973. The van der Waals surface area contributed by atoms with Crippen LogP contribution in [-0.4, -0.2) is 11.7 Å². The molecular formula is C18H27NO. The van der Waals surface area contributed by atoms with E-state index < -0.39 is 0 Å². The van der Waals surface area contributed by atoms with Crippen molar-refractivity contribution in [2.75, 3.05) is 7.11 Å². The lowest BCUT2D eigenvalue weighted by atomic mass is 10.1. The fourth-order valence-electron chi connectivity index (χ4n) is 2.81. The summed E-state index contributed by atoms with van der Waals surface area (Å²) in [5.41, 5.74) is 1.29. The van der Waals surface area contributed by atoms with E-state index in [0.717, 1.165) is 12.3 Å². The van der Waals surface area contributed by atoms with E-state index in [-0.39, 0.29) is 0 Å². The number of hydrogen-bond acceptors (Lipinski definition) is 1. The standard InChI is InChI=1S/C18H27NO/c1-3-4-5-6-7-8-9-14-19-15-13-16-17(19)11-10-12-18(16)20-2/h10-13,15H,3-9,14H2,1-2H3. The third-order valence-electron chi connectivity index (χ3n) is 4.00. The number of unbranched alkanes of at least 4 members (excludes halogenated alkanes) is 6. The second kappa shape index (κ2) is 7.98. The molecule has 0 amide bonds. The van der Waals surface area contributed by atoms with Gasteiger partial charge in [-0.2, -0.15) is 0 Å². The lowest BCUT2D eigenvalue weighted by Gasteiger charge is -2.07. The molecule has 0 unspecified atom stereocenters. The van der Waals surface area contributed by atoms with E-state index in [2.05, 4.69) is 35.9 Å². The molecule has 0 aliphatic heterocycles. The molecule has 0 N–H and O–H groups in total. The van der Waals surface area contributed by atoms with Crippen LogP contribution in [0.4, 0.5) is 0 Å². The summed E-state index contributed by atoms with van der Waals surface area (Å²) >= 11 is 0. The summed E-state index contributed by atoms with van der Waals surface area (Å²) in [5.74, 6) is 0.973. The van der Waals surface area contributed by atoms with E-state index >= 15 is 0 Å². The Balaban J connectivity index is 1.82. The van der Waals surface area contributed by atoms with Crippen LogP contribution in [0.15, 0.2) is 30.5 Å². The van der Waals surface area contributed by atoms with Gasteiger partial charge in [0.1, 0.15) is 5.75 Å². The van der Waals surface area contributed by atoms with Gasteiger partial charge < -0.3 is 9.30 Å². The Morgan fingerprint density at radius 1 is 0.950 bits per heavy atom. The monoisotopic (exact) mass is 273 g/mol. The number of aromatic nitrogens is 1. The first-order valence-electron chi connectivity index (χ1n) is 7.98. The SMILES string of the molecule is CCCCCCCCCn1ccc2c(OC)cccc21. The summed E-state index contributed by atoms with van der Waals surface area (Å²) < 4.78 is 7.76. The zero-order chi connectivity index (χ0) is 14.2. The number of rotatable bonds is 9. The Bertz CT molecular complexity index is 515. The molecular weight excluding hydrogens is 246 g/mol. The highest BCUT2D eigenvalue weighted by molar-refractivity contribution is 5.86. The van der Waals surface area contributed by atoms with Gasteiger partial charge in [0, 0.05) is 18.1 Å². The predicted molar refractivity (Wildman–Crippen MR) is 86.5 cm³/mol. The Labute approximate surface area is 122 Å². The van der Waals surface area contributed by atoms with Gasteiger partial charge in [-0.1, -0.05) is 51.5 Å². The van der Waals surface area contributed by atoms with E-state index in [0.29, 0.717) is 0 Å². The molecule has 20 heavy (non-hydrogen) atoms. The second-order valence-electron chi connectivity index (χ2n) is 5.52. The van der Waals surface area contributed by atoms with Gasteiger partial charge in [0.15, 0.2) is 0 Å². The van der Waals surface area contributed by atoms with Crippen molar-refractivity contribution in [3.8, 4) is 5.75 Å². The number of fused-ring (bicyclic) bond motifs is 1.